The maximum absolute atomic E-state index is 9.14. The van der Waals surface area contributed by atoms with Gasteiger partial charge in [0.15, 0.2) is 0 Å². The lowest BCUT2D eigenvalue weighted by molar-refractivity contribution is 0.336. The van der Waals surface area contributed by atoms with Gasteiger partial charge in [-0.2, -0.15) is 0 Å². The Bertz CT molecular complexity index is 527. The van der Waals surface area contributed by atoms with E-state index in [1.807, 2.05) is 0 Å². The van der Waals surface area contributed by atoms with Crippen molar-refractivity contribution in [1.29, 1.82) is 0 Å². The zero-order chi connectivity index (χ0) is 17.3. The average Bonchev–Trinajstić information content (AvgIpc) is 2.23. The first kappa shape index (κ1) is 4.12. The van der Waals surface area contributed by atoms with Crippen LogP contribution in [-0.4, -0.2) is 30.8 Å². The first-order chi connectivity index (χ1) is 9.73. The van der Waals surface area contributed by atoms with Crippen LogP contribution in [0.15, 0.2) is 18.2 Å². The highest BCUT2D eigenvalue weighted by Crippen LogP contribution is 2.17. The normalized spacial score (nSPS) is 21.0. The van der Waals surface area contributed by atoms with Gasteiger partial charge in [0.1, 0.15) is 11.5 Å². The zero-order valence-corrected chi connectivity index (χ0v) is 7.02. The van der Waals surface area contributed by atoms with Gasteiger partial charge in [-0.15, -0.1) is 0 Å². The van der Waals surface area contributed by atoms with E-state index in [4.69, 9.17) is 25.8 Å². The highest BCUT2D eigenvalue weighted by molar-refractivity contribution is 6.59. The molecule has 1 rings (SSSR count). The third kappa shape index (κ3) is 2.40. The van der Waals surface area contributed by atoms with Gasteiger partial charge in [0.25, 0.3) is 0 Å². The minimum Gasteiger partial charge on any atom is -0.497 e. The highest BCUT2D eigenvalue weighted by Gasteiger charge is 2.17. The molecule has 4 nitrogen and oxygen atoms in total. The van der Waals surface area contributed by atoms with Crippen molar-refractivity contribution in [3.8, 4) is 11.5 Å². The van der Waals surface area contributed by atoms with Gasteiger partial charge >= 0.3 is 7.12 Å². The maximum Gasteiger partial charge on any atom is 0.492 e. The second-order valence-electron chi connectivity index (χ2n) is 2.38. The molecule has 0 saturated heterocycles. The minimum absolute atomic E-state index is 0.294. The Kier molecular flexibility index (Phi) is 1.44. The molecule has 0 amide bonds. The van der Waals surface area contributed by atoms with Crippen LogP contribution in [0.4, 0.5) is 0 Å². The van der Waals surface area contributed by atoms with Gasteiger partial charge in [-0.05, 0) is 12.9 Å². The van der Waals surface area contributed by atoms with Crippen molar-refractivity contribution < 1.29 is 30.5 Å². The van der Waals surface area contributed by atoms with Crippen LogP contribution in [-0.2, 0) is 0 Å². The van der Waals surface area contributed by atoms with Crippen molar-refractivity contribution >= 4 is 12.6 Å². The van der Waals surface area contributed by atoms with Crippen LogP contribution in [0.5, 0.6) is 11.5 Å². The Morgan fingerprint density at radius 1 is 1.57 bits per heavy atom. The van der Waals surface area contributed by atoms with Crippen molar-refractivity contribution in [1.82, 2.24) is 0 Å². The SMILES string of the molecule is [2H]C([2H])([2H])Oc1cc(OC([2H])([2H])C([2H])([2H])[2H])ccc1B(O)O. The summed E-state index contributed by atoms with van der Waals surface area (Å²) in [6.07, 6.45) is 0. The minimum atomic E-state index is -3.08. The number of rotatable bonds is 4. The third-order valence-corrected chi connectivity index (χ3v) is 1.54. The van der Waals surface area contributed by atoms with Gasteiger partial charge in [0, 0.05) is 15.6 Å². The third-order valence-electron chi connectivity index (χ3n) is 1.54. The van der Waals surface area contributed by atoms with Crippen LogP contribution >= 0.6 is 0 Å². The summed E-state index contributed by atoms with van der Waals surface area (Å²) in [6, 6.07) is 2.95. The Morgan fingerprint density at radius 2 is 2.43 bits per heavy atom. The van der Waals surface area contributed by atoms with Gasteiger partial charge in [0.05, 0.1) is 20.5 Å². The van der Waals surface area contributed by atoms with E-state index in [-0.39, 0.29) is 11.2 Å². The Labute approximate surface area is 94.5 Å². The molecule has 0 aliphatic rings. The van der Waals surface area contributed by atoms with E-state index in [0.717, 1.165) is 18.2 Å². The summed E-state index contributed by atoms with van der Waals surface area (Å²) in [4.78, 5) is 0. The molecule has 2 N–H and O–H groups in total. The predicted octanol–water partition coefficient (Wildman–Crippen LogP) is -0.226. The van der Waals surface area contributed by atoms with Crippen molar-refractivity contribution in [2.75, 3.05) is 13.6 Å². The van der Waals surface area contributed by atoms with E-state index in [2.05, 4.69) is 4.74 Å². The Hall–Kier alpha value is -1.20. The molecule has 76 valence electrons. The summed E-state index contributed by atoms with van der Waals surface area (Å²) in [5.74, 6) is -0.835. The molecule has 14 heavy (non-hydrogen) atoms. The molecule has 0 fully saturated rings. The van der Waals surface area contributed by atoms with Crippen LogP contribution < -0.4 is 14.9 Å². The van der Waals surface area contributed by atoms with Crippen LogP contribution in [0.25, 0.3) is 0 Å². The molecule has 0 spiro atoms. The molecule has 0 unspecified atom stereocenters. The van der Waals surface area contributed by atoms with E-state index < -0.39 is 33.3 Å². The van der Waals surface area contributed by atoms with Gasteiger partial charge in [-0.25, -0.2) is 0 Å². The van der Waals surface area contributed by atoms with Crippen molar-refractivity contribution in [2.45, 2.75) is 6.85 Å². The van der Waals surface area contributed by atoms with Crippen LogP contribution in [0.2, 0.25) is 0 Å². The number of ether oxygens (including phenoxy) is 2. The van der Waals surface area contributed by atoms with Crippen LogP contribution in [0, 0.1) is 0 Å². The number of hydrogen-bond acceptors (Lipinski definition) is 4. The molecule has 5 heteroatoms. The molecular formula is C9H13BO4. The lowest BCUT2D eigenvalue weighted by Crippen LogP contribution is -2.31. The second-order valence-corrected chi connectivity index (χ2v) is 2.38. The van der Waals surface area contributed by atoms with E-state index >= 15 is 0 Å². The largest absolute Gasteiger partial charge is 0.497 e. The smallest absolute Gasteiger partial charge is 0.492 e. The molecule has 0 saturated carbocycles. The van der Waals surface area contributed by atoms with Crippen LogP contribution in [0.1, 0.15) is 17.8 Å². The van der Waals surface area contributed by atoms with Gasteiger partial charge in [-0.1, -0.05) is 6.07 Å². The van der Waals surface area contributed by atoms with Crippen molar-refractivity contribution in [2.24, 2.45) is 0 Å². The summed E-state index contributed by atoms with van der Waals surface area (Å²) in [7, 11) is -4.93. The second kappa shape index (κ2) is 4.88. The summed E-state index contributed by atoms with van der Waals surface area (Å²) in [6.45, 7) is -6.10. The quantitative estimate of drug-likeness (QED) is 0.665. The predicted molar refractivity (Wildman–Crippen MR) is 54.0 cm³/mol. The fourth-order valence-electron chi connectivity index (χ4n) is 0.939. The lowest BCUT2D eigenvalue weighted by Gasteiger charge is -2.10. The molecule has 0 aromatic heterocycles. The molecule has 0 bridgehead atoms. The Balaban J connectivity index is 3.17. The summed E-state index contributed by atoms with van der Waals surface area (Å²) in [5.41, 5.74) is -0.294. The first-order valence-corrected chi connectivity index (χ1v) is 3.61. The molecule has 0 aliphatic heterocycles. The summed E-state index contributed by atoms with van der Waals surface area (Å²) >= 11 is 0. The fourth-order valence-corrected chi connectivity index (χ4v) is 0.939. The van der Waals surface area contributed by atoms with Gasteiger partial charge in [0.2, 0.25) is 0 Å². The molecule has 0 atom stereocenters. The van der Waals surface area contributed by atoms with Gasteiger partial charge in [-0.3, -0.25) is 0 Å². The van der Waals surface area contributed by atoms with E-state index in [1.165, 1.54) is 0 Å². The molecule has 1 aromatic rings. The summed E-state index contributed by atoms with van der Waals surface area (Å²) in [5, 5.41) is 18.3. The van der Waals surface area contributed by atoms with Gasteiger partial charge < -0.3 is 19.5 Å². The molecule has 1 aromatic carbocycles. The number of methoxy groups -OCH3 is 1. The number of hydrogen-bond donors (Lipinski definition) is 2. The number of benzene rings is 1. The van der Waals surface area contributed by atoms with E-state index in [9.17, 15) is 0 Å². The molecule has 0 heterocycles. The van der Waals surface area contributed by atoms with Crippen molar-refractivity contribution in [3.05, 3.63) is 18.2 Å². The Morgan fingerprint density at radius 3 is 3.07 bits per heavy atom. The van der Waals surface area contributed by atoms with E-state index in [1.54, 1.807) is 0 Å². The molecule has 0 radical (unpaired) electrons. The molecule has 0 aliphatic carbocycles. The lowest BCUT2D eigenvalue weighted by atomic mass is 9.79. The highest BCUT2D eigenvalue weighted by atomic mass is 16.5. The topological polar surface area (TPSA) is 58.9 Å². The monoisotopic (exact) mass is 204 g/mol. The first-order valence-electron chi connectivity index (χ1n) is 7.61. The summed E-state index contributed by atoms with van der Waals surface area (Å²) < 4.78 is 66.0. The molecular weight excluding hydrogens is 183 g/mol. The van der Waals surface area contributed by atoms with Crippen molar-refractivity contribution in [3.63, 3.8) is 0 Å². The standard InChI is InChI=1S/C9H13BO4/c1-3-14-7-4-5-8(10(11)12)9(6-7)13-2/h4-6,11-12H,3H2,1-2H3/i1D3,2D3,3D2. The average molecular weight is 204 g/mol. The fraction of sp³-hybridized carbons (Fsp3) is 0.333. The van der Waals surface area contributed by atoms with Crippen LogP contribution in [0.3, 0.4) is 0 Å². The van der Waals surface area contributed by atoms with E-state index in [0.29, 0.717) is 0 Å². The zero-order valence-electron chi connectivity index (χ0n) is 15.0. The maximum atomic E-state index is 9.14.